The van der Waals surface area contributed by atoms with Crippen molar-refractivity contribution in [3.05, 3.63) is 114 Å². The highest BCUT2D eigenvalue weighted by atomic mass is 19.4. The number of fused-ring (bicyclic) bond motifs is 1. The fraction of sp³-hybridized carbons (Fsp3) is 0.103. The number of nitrogens with zero attached hydrogens (tertiary/aromatic N) is 2. The van der Waals surface area contributed by atoms with Gasteiger partial charge in [-0.05, 0) is 60.2 Å². The molecule has 1 heterocycles. The average molecular weight is 502 g/mol. The zero-order valence-electron chi connectivity index (χ0n) is 19.7. The number of carbonyl (C=O) groups excluding carboxylic acids is 1. The lowest BCUT2D eigenvalue weighted by Gasteiger charge is -2.10. The van der Waals surface area contributed by atoms with Crippen molar-refractivity contribution in [3.63, 3.8) is 0 Å². The van der Waals surface area contributed by atoms with Crippen LogP contribution >= 0.6 is 0 Å². The van der Waals surface area contributed by atoms with Crippen LogP contribution in [0, 0.1) is 0 Å². The lowest BCUT2D eigenvalue weighted by molar-refractivity contribution is -0.136. The second-order valence-corrected chi connectivity index (χ2v) is 8.33. The van der Waals surface area contributed by atoms with Gasteiger partial charge in [0.05, 0.1) is 30.5 Å². The molecular formula is C29H21F3N2O3. The predicted molar refractivity (Wildman–Crippen MR) is 134 cm³/mol. The van der Waals surface area contributed by atoms with Gasteiger partial charge in [0.15, 0.2) is 0 Å². The molecule has 0 bridgehead atoms. The number of benzene rings is 4. The minimum absolute atomic E-state index is 0.0908. The van der Waals surface area contributed by atoms with Crippen LogP contribution in [0.1, 0.15) is 21.5 Å². The molecule has 0 radical (unpaired) electrons. The largest absolute Gasteiger partial charge is 0.465 e. The number of methoxy groups -OCH3 is 1. The molecule has 0 unspecified atom stereocenters. The summed E-state index contributed by atoms with van der Waals surface area (Å²) < 4.78 is 53.4. The van der Waals surface area contributed by atoms with Crippen LogP contribution in [0.2, 0.25) is 0 Å². The smallest absolute Gasteiger partial charge is 0.418 e. The number of hydrogen-bond acceptors (Lipinski definition) is 4. The van der Waals surface area contributed by atoms with Crippen molar-refractivity contribution >= 4 is 16.9 Å². The maximum atomic E-state index is 13.7. The van der Waals surface area contributed by atoms with E-state index in [0.717, 1.165) is 11.6 Å². The quantitative estimate of drug-likeness (QED) is 0.228. The molecule has 0 aliphatic carbocycles. The number of esters is 1. The molecule has 0 aliphatic heterocycles. The van der Waals surface area contributed by atoms with Gasteiger partial charge in [0.2, 0.25) is 0 Å². The lowest BCUT2D eigenvalue weighted by Crippen LogP contribution is -2.06. The number of carbonyl (C=O) groups is 1. The third-order valence-corrected chi connectivity index (χ3v) is 5.89. The monoisotopic (exact) mass is 502 g/mol. The molecule has 5 nitrogen and oxygen atoms in total. The van der Waals surface area contributed by atoms with Crippen molar-refractivity contribution in [3.8, 4) is 22.8 Å². The highest BCUT2D eigenvalue weighted by Gasteiger charge is 2.34. The van der Waals surface area contributed by atoms with Crippen LogP contribution in [0.15, 0.2) is 97.1 Å². The van der Waals surface area contributed by atoms with Gasteiger partial charge >= 0.3 is 12.1 Å². The van der Waals surface area contributed by atoms with Crippen LogP contribution in [0.25, 0.3) is 22.2 Å². The lowest BCUT2D eigenvalue weighted by atomic mass is 10.0. The van der Waals surface area contributed by atoms with Gasteiger partial charge < -0.3 is 9.47 Å². The summed E-state index contributed by atoms with van der Waals surface area (Å²) >= 11 is 0. The molecule has 0 N–H and O–H groups in total. The second-order valence-electron chi connectivity index (χ2n) is 8.33. The van der Waals surface area contributed by atoms with Gasteiger partial charge in [-0.2, -0.15) is 18.3 Å². The first kappa shape index (κ1) is 24.1. The van der Waals surface area contributed by atoms with Crippen molar-refractivity contribution < 1.29 is 27.4 Å². The standard InChI is InChI=1S/C29H21F3N2O3/c1-36-28(35)21-12-16-23(17-13-21)37-22-14-10-20(11-15-22)27-24-8-5-9-25(29(30,31)32)26(24)33-34(27)18-19-6-3-2-4-7-19/h2-17H,18H2,1H3. The van der Waals surface area contributed by atoms with E-state index in [0.29, 0.717) is 40.3 Å². The van der Waals surface area contributed by atoms with Gasteiger partial charge in [-0.1, -0.05) is 42.5 Å². The van der Waals surface area contributed by atoms with Crippen LogP contribution in [0.4, 0.5) is 13.2 Å². The minimum Gasteiger partial charge on any atom is -0.465 e. The summed E-state index contributed by atoms with van der Waals surface area (Å²) in [4.78, 5) is 11.6. The van der Waals surface area contributed by atoms with Crippen LogP contribution in [-0.2, 0) is 17.5 Å². The maximum absolute atomic E-state index is 13.7. The number of ether oxygens (including phenoxy) is 2. The molecule has 4 aromatic carbocycles. The Kier molecular flexibility index (Phi) is 6.40. The summed E-state index contributed by atoms with van der Waals surface area (Å²) in [5, 5.41) is 4.81. The number of rotatable bonds is 6. The van der Waals surface area contributed by atoms with Gasteiger partial charge in [0, 0.05) is 10.9 Å². The number of alkyl halides is 3. The molecule has 0 saturated carbocycles. The van der Waals surface area contributed by atoms with E-state index < -0.39 is 17.7 Å². The first-order valence-electron chi connectivity index (χ1n) is 11.4. The summed E-state index contributed by atoms with van der Waals surface area (Å²) in [5.41, 5.74) is 1.74. The molecule has 1 aromatic heterocycles. The zero-order chi connectivity index (χ0) is 26.0. The minimum atomic E-state index is -4.52. The summed E-state index contributed by atoms with van der Waals surface area (Å²) in [6.07, 6.45) is -4.52. The first-order chi connectivity index (χ1) is 17.8. The number of halogens is 3. The highest BCUT2D eigenvalue weighted by molar-refractivity contribution is 5.95. The molecule has 0 fully saturated rings. The molecule has 37 heavy (non-hydrogen) atoms. The first-order valence-corrected chi connectivity index (χ1v) is 11.4. The van der Waals surface area contributed by atoms with Crippen LogP contribution in [0.3, 0.4) is 0 Å². The normalized spacial score (nSPS) is 11.5. The fourth-order valence-corrected chi connectivity index (χ4v) is 4.15. The van der Waals surface area contributed by atoms with Gasteiger partial charge in [-0.25, -0.2) is 4.79 Å². The van der Waals surface area contributed by atoms with E-state index in [-0.39, 0.29) is 5.52 Å². The number of hydrogen-bond donors (Lipinski definition) is 0. The fourth-order valence-electron chi connectivity index (χ4n) is 4.15. The van der Waals surface area contributed by atoms with Crippen molar-refractivity contribution in [1.29, 1.82) is 0 Å². The molecule has 0 atom stereocenters. The molecule has 0 saturated heterocycles. The van der Waals surface area contributed by atoms with Crippen molar-refractivity contribution in [2.45, 2.75) is 12.7 Å². The van der Waals surface area contributed by atoms with Crippen LogP contribution < -0.4 is 4.74 Å². The zero-order valence-corrected chi connectivity index (χ0v) is 19.7. The summed E-state index contributed by atoms with van der Waals surface area (Å²) in [6, 6.07) is 27.1. The second kappa shape index (κ2) is 9.81. The Labute approximate surface area is 210 Å². The number of aromatic nitrogens is 2. The summed E-state index contributed by atoms with van der Waals surface area (Å²) in [5.74, 6) is 0.614. The van der Waals surface area contributed by atoms with E-state index in [1.54, 1.807) is 59.3 Å². The van der Waals surface area contributed by atoms with E-state index in [2.05, 4.69) is 5.10 Å². The molecule has 186 valence electrons. The van der Waals surface area contributed by atoms with E-state index in [4.69, 9.17) is 9.47 Å². The molecule has 0 amide bonds. The Morgan fingerprint density at radius 1 is 0.838 bits per heavy atom. The van der Waals surface area contributed by atoms with E-state index in [9.17, 15) is 18.0 Å². The van der Waals surface area contributed by atoms with Gasteiger partial charge in [-0.15, -0.1) is 0 Å². The van der Waals surface area contributed by atoms with E-state index in [1.165, 1.54) is 13.2 Å². The molecule has 0 spiro atoms. The Morgan fingerprint density at radius 2 is 1.49 bits per heavy atom. The molecule has 5 aromatic rings. The summed E-state index contributed by atoms with van der Waals surface area (Å²) in [7, 11) is 1.31. The van der Waals surface area contributed by atoms with Gasteiger partial charge in [-0.3, -0.25) is 4.68 Å². The third kappa shape index (κ3) is 5.04. The molecule has 8 heteroatoms. The highest BCUT2D eigenvalue weighted by Crippen LogP contribution is 2.38. The van der Waals surface area contributed by atoms with Gasteiger partial charge in [0.25, 0.3) is 0 Å². The SMILES string of the molecule is COC(=O)c1ccc(Oc2ccc(-c3c4cccc(C(F)(F)F)c4nn3Cc3ccccc3)cc2)cc1. The molecule has 0 aliphatic rings. The molecular weight excluding hydrogens is 481 g/mol. The van der Waals surface area contributed by atoms with Gasteiger partial charge in [0.1, 0.15) is 17.0 Å². The van der Waals surface area contributed by atoms with Crippen LogP contribution in [0.5, 0.6) is 11.5 Å². The van der Waals surface area contributed by atoms with Crippen molar-refractivity contribution in [2.75, 3.05) is 7.11 Å². The predicted octanol–water partition coefficient (Wildman–Crippen LogP) is 7.35. The van der Waals surface area contributed by atoms with E-state index in [1.807, 2.05) is 30.3 Å². The van der Waals surface area contributed by atoms with Crippen LogP contribution in [-0.4, -0.2) is 22.9 Å². The Balaban J connectivity index is 1.51. The van der Waals surface area contributed by atoms with Crippen molar-refractivity contribution in [2.24, 2.45) is 0 Å². The third-order valence-electron chi connectivity index (χ3n) is 5.89. The maximum Gasteiger partial charge on any atom is 0.418 e. The average Bonchev–Trinajstić information content (AvgIpc) is 3.27. The Bertz CT molecular complexity index is 1540. The van der Waals surface area contributed by atoms with E-state index >= 15 is 0 Å². The topological polar surface area (TPSA) is 53.4 Å². The Morgan fingerprint density at radius 3 is 2.11 bits per heavy atom. The molecule has 5 rings (SSSR count). The Hall–Kier alpha value is -4.59. The van der Waals surface area contributed by atoms with Crippen molar-refractivity contribution in [1.82, 2.24) is 9.78 Å². The summed E-state index contributed by atoms with van der Waals surface area (Å²) in [6.45, 7) is 0.312.